The van der Waals surface area contributed by atoms with Crippen LogP contribution in [0.15, 0.2) is 6.20 Å². The zero-order valence-corrected chi connectivity index (χ0v) is 10.1. The van der Waals surface area contributed by atoms with Crippen LogP contribution < -0.4 is 16.0 Å². The van der Waals surface area contributed by atoms with E-state index in [-0.39, 0.29) is 12.0 Å². The van der Waals surface area contributed by atoms with E-state index in [1.165, 1.54) is 6.20 Å². The number of anilines is 2. The Morgan fingerprint density at radius 1 is 1.32 bits per heavy atom. The van der Waals surface area contributed by atoms with Gasteiger partial charge in [-0.3, -0.25) is 5.32 Å². The topological polar surface area (TPSA) is 140 Å². The quantitative estimate of drug-likeness (QED) is 0.372. The van der Waals surface area contributed by atoms with Crippen molar-refractivity contribution in [2.75, 3.05) is 30.5 Å². The minimum atomic E-state index is -1.31. The SMILES string of the molecule is O=C1NCc2cnc(NC(CO)(CO)CO)nc2N1. The number of fused-ring (bicyclic) bond motifs is 1. The molecule has 1 aliphatic rings. The van der Waals surface area contributed by atoms with Crippen molar-refractivity contribution < 1.29 is 20.1 Å². The van der Waals surface area contributed by atoms with Crippen molar-refractivity contribution in [3.8, 4) is 0 Å². The standard InChI is InChI=1S/C10H15N5O4/c16-3-10(4-17,5-18)15-8-11-1-6-2-12-9(19)14-7(6)13-8/h1,16-18H,2-5H2,(H3,11,12,13,14,15,19). The largest absolute Gasteiger partial charge is 0.394 e. The summed E-state index contributed by atoms with van der Waals surface area (Å²) in [7, 11) is 0. The Morgan fingerprint density at radius 3 is 2.63 bits per heavy atom. The Hall–Kier alpha value is -1.97. The predicted molar refractivity (Wildman–Crippen MR) is 65.5 cm³/mol. The van der Waals surface area contributed by atoms with E-state index < -0.39 is 25.4 Å². The summed E-state index contributed by atoms with van der Waals surface area (Å²) in [4.78, 5) is 19.2. The smallest absolute Gasteiger partial charge is 0.320 e. The number of nitrogens with zero attached hydrogens (tertiary/aromatic N) is 2. The Bertz CT molecular complexity index is 469. The number of nitrogens with one attached hydrogen (secondary N) is 3. The molecule has 2 rings (SSSR count). The van der Waals surface area contributed by atoms with Gasteiger partial charge in [0.05, 0.1) is 19.8 Å². The molecule has 0 fully saturated rings. The lowest BCUT2D eigenvalue weighted by Gasteiger charge is -2.29. The zero-order valence-electron chi connectivity index (χ0n) is 10.1. The number of rotatable bonds is 5. The van der Waals surface area contributed by atoms with Crippen molar-refractivity contribution in [3.05, 3.63) is 11.8 Å². The molecule has 9 nitrogen and oxygen atoms in total. The lowest BCUT2D eigenvalue weighted by Crippen LogP contribution is -2.49. The molecule has 1 aromatic rings. The van der Waals surface area contributed by atoms with Crippen molar-refractivity contribution in [1.29, 1.82) is 0 Å². The van der Waals surface area contributed by atoms with Gasteiger partial charge in [-0.25, -0.2) is 9.78 Å². The number of amides is 2. The summed E-state index contributed by atoms with van der Waals surface area (Å²) in [6, 6.07) is -0.366. The van der Waals surface area contributed by atoms with Crippen LogP contribution in [0.4, 0.5) is 16.6 Å². The fourth-order valence-corrected chi connectivity index (χ4v) is 1.54. The van der Waals surface area contributed by atoms with Crippen molar-refractivity contribution in [3.63, 3.8) is 0 Å². The van der Waals surface area contributed by atoms with Gasteiger partial charge in [0.25, 0.3) is 0 Å². The highest BCUT2D eigenvalue weighted by Crippen LogP contribution is 2.18. The zero-order chi connectivity index (χ0) is 13.9. The van der Waals surface area contributed by atoms with Crippen LogP contribution in [0.25, 0.3) is 0 Å². The number of aromatic nitrogens is 2. The molecule has 0 aliphatic carbocycles. The normalized spacial score (nSPS) is 14.4. The van der Waals surface area contributed by atoms with E-state index in [4.69, 9.17) is 0 Å². The molecule has 9 heteroatoms. The van der Waals surface area contributed by atoms with Gasteiger partial charge in [0.15, 0.2) is 0 Å². The van der Waals surface area contributed by atoms with Gasteiger partial charge in [0.1, 0.15) is 11.4 Å². The summed E-state index contributed by atoms with van der Waals surface area (Å²) < 4.78 is 0. The van der Waals surface area contributed by atoms with Gasteiger partial charge in [-0.15, -0.1) is 0 Å². The average Bonchev–Trinajstić information content (AvgIpc) is 2.44. The third-order valence-corrected chi connectivity index (χ3v) is 2.82. The van der Waals surface area contributed by atoms with Crippen LogP contribution in [-0.2, 0) is 6.54 Å². The molecule has 0 bridgehead atoms. The van der Waals surface area contributed by atoms with E-state index in [0.717, 1.165) is 0 Å². The Morgan fingerprint density at radius 2 is 2.00 bits per heavy atom. The number of carbonyl (C=O) groups is 1. The van der Waals surface area contributed by atoms with Crippen LogP contribution in [0.1, 0.15) is 5.56 Å². The van der Waals surface area contributed by atoms with E-state index >= 15 is 0 Å². The maximum Gasteiger partial charge on any atom is 0.320 e. The molecule has 0 saturated carbocycles. The molecule has 19 heavy (non-hydrogen) atoms. The summed E-state index contributed by atoms with van der Waals surface area (Å²) in [5, 5.41) is 35.3. The van der Waals surface area contributed by atoms with E-state index in [1.54, 1.807) is 0 Å². The van der Waals surface area contributed by atoms with Gasteiger partial charge in [-0.05, 0) is 0 Å². The lowest BCUT2D eigenvalue weighted by molar-refractivity contribution is 0.0828. The third-order valence-electron chi connectivity index (χ3n) is 2.82. The van der Waals surface area contributed by atoms with Gasteiger partial charge in [-0.2, -0.15) is 4.98 Å². The number of urea groups is 1. The fraction of sp³-hybridized carbons (Fsp3) is 0.500. The Labute approximate surface area is 108 Å². The maximum atomic E-state index is 11.2. The minimum Gasteiger partial charge on any atom is -0.394 e. The molecule has 2 amide bonds. The highest BCUT2D eigenvalue weighted by molar-refractivity contribution is 5.91. The van der Waals surface area contributed by atoms with Crippen molar-refractivity contribution in [1.82, 2.24) is 15.3 Å². The van der Waals surface area contributed by atoms with Crippen molar-refractivity contribution in [2.45, 2.75) is 12.1 Å². The number of hydrogen-bond donors (Lipinski definition) is 6. The first-order valence-electron chi connectivity index (χ1n) is 5.64. The molecule has 0 radical (unpaired) electrons. The second-order valence-electron chi connectivity index (χ2n) is 4.25. The van der Waals surface area contributed by atoms with Crippen LogP contribution in [0, 0.1) is 0 Å². The maximum absolute atomic E-state index is 11.2. The van der Waals surface area contributed by atoms with Crippen LogP contribution in [-0.4, -0.2) is 56.7 Å². The first-order chi connectivity index (χ1) is 9.12. The van der Waals surface area contributed by atoms with Crippen LogP contribution in [0.3, 0.4) is 0 Å². The van der Waals surface area contributed by atoms with E-state index in [2.05, 4.69) is 25.9 Å². The number of aliphatic hydroxyl groups is 3. The first kappa shape index (κ1) is 13.5. The molecule has 2 heterocycles. The van der Waals surface area contributed by atoms with Crippen molar-refractivity contribution in [2.24, 2.45) is 0 Å². The molecular weight excluding hydrogens is 254 g/mol. The third kappa shape index (κ3) is 2.72. The molecule has 0 aromatic carbocycles. The second-order valence-corrected chi connectivity index (χ2v) is 4.25. The van der Waals surface area contributed by atoms with Crippen LogP contribution in [0.5, 0.6) is 0 Å². The molecule has 0 atom stereocenters. The lowest BCUT2D eigenvalue weighted by atomic mass is 10.0. The Kier molecular flexibility index (Phi) is 3.79. The second kappa shape index (κ2) is 5.34. The molecule has 0 unspecified atom stereocenters. The van der Waals surface area contributed by atoms with Crippen molar-refractivity contribution >= 4 is 17.8 Å². The van der Waals surface area contributed by atoms with E-state index in [9.17, 15) is 20.1 Å². The number of carbonyl (C=O) groups excluding carboxylic acids is 1. The Balaban J connectivity index is 2.22. The molecule has 0 saturated heterocycles. The first-order valence-corrected chi connectivity index (χ1v) is 5.64. The summed E-state index contributed by atoms with van der Waals surface area (Å²) in [5.41, 5.74) is -0.599. The van der Waals surface area contributed by atoms with Crippen LogP contribution in [0.2, 0.25) is 0 Å². The van der Waals surface area contributed by atoms with Gasteiger partial charge >= 0.3 is 6.03 Å². The van der Waals surface area contributed by atoms with Crippen LogP contribution >= 0.6 is 0 Å². The predicted octanol–water partition coefficient (Wildman–Crippen LogP) is -1.76. The highest BCUT2D eigenvalue weighted by atomic mass is 16.3. The summed E-state index contributed by atoms with van der Waals surface area (Å²) >= 11 is 0. The number of aliphatic hydroxyl groups excluding tert-OH is 3. The molecule has 104 valence electrons. The monoisotopic (exact) mass is 269 g/mol. The molecular formula is C10H15N5O4. The van der Waals surface area contributed by atoms with Gasteiger partial charge in [0, 0.05) is 18.3 Å². The highest BCUT2D eigenvalue weighted by Gasteiger charge is 2.29. The summed E-state index contributed by atoms with van der Waals surface area (Å²) in [6.07, 6.45) is 1.51. The fourth-order valence-electron chi connectivity index (χ4n) is 1.54. The van der Waals surface area contributed by atoms with Gasteiger partial charge < -0.3 is 26.0 Å². The van der Waals surface area contributed by atoms with Gasteiger partial charge in [-0.1, -0.05) is 0 Å². The molecule has 1 aromatic heterocycles. The number of hydrogen-bond acceptors (Lipinski definition) is 7. The molecule has 0 spiro atoms. The molecule has 1 aliphatic heterocycles. The molecule has 6 N–H and O–H groups in total. The summed E-state index contributed by atoms with van der Waals surface area (Å²) in [6.45, 7) is -1.15. The van der Waals surface area contributed by atoms with E-state index in [1.807, 2.05) is 0 Å². The minimum absolute atomic E-state index is 0.0955. The summed E-state index contributed by atoms with van der Waals surface area (Å²) in [5.74, 6) is 0.446. The van der Waals surface area contributed by atoms with E-state index in [0.29, 0.717) is 17.9 Å². The average molecular weight is 269 g/mol. The van der Waals surface area contributed by atoms with Gasteiger partial charge in [0.2, 0.25) is 5.95 Å².